The molecule has 1 heteroatoms. The minimum Gasteiger partial charge on any atom is -0.197 e. The van der Waals surface area contributed by atoms with Crippen LogP contribution in [0.1, 0.15) is 13.3 Å². The quantitative estimate of drug-likeness (QED) is 0.409. The largest absolute Gasteiger partial charge is 0.197 e. The minimum absolute atomic E-state index is 0. The number of hydrogen-bond acceptors (Lipinski definition) is 0. The van der Waals surface area contributed by atoms with Gasteiger partial charge in [0.1, 0.15) is 0 Å². The van der Waals surface area contributed by atoms with Crippen LogP contribution in [0, 0.1) is 6.92 Å². The van der Waals surface area contributed by atoms with Crippen molar-refractivity contribution in [2.75, 3.05) is 0 Å². The van der Waals surface area contributed by atoms with Crippen LogP contribution in [0.3, 0.4) is 0 Å². The second-order valence-corrected chi connectivity index (χ2v) is 0.500. The molecule has 0 bridgehead atoms. The van der Waals surface area contributed by atoms with Crippen molar-refractivity contribution in [2.24, 2.45) is 0 Å². The van der Waals surface area contributed by atoms with Gasteiger partial charge in [0.15, 0.2) is 0 Å². The van der Waals surface area contributed by atoms with Crippen molar-refractivity contribution in [1.82, 2.24) is 0 Å². The first-order valence-corrected chi connectivity index (χ1v) is 1.21. The van der Waals surface area contributed by atoms with Crippen molar-refractivity contribution in [3.63, 3.8) is 0 Å². The first-order chi connectivity index (χ1) is 1.41. The fourth-order valence-corrected chi connectivity index (χ4v) is 0. The molecule has 0 amide bonds. The average Bonchev–Trinajstić information content (AvgIpc) is 0.918. The molecule has 1 radical (unpaired) electrons. The van der Waals surface area contributed by atoms with E-state index in [1.807, 2.05) is 6.92 Å². The van der Waals surface area contributed by atoms with E-state index < -0.39 is 0 Å². The summed E-state index contributed by atoms with van der Waals surface area (Å²) in [5, 5.41) is 0. The lowest BCUT2D eigenvalue weighted by atomic mass is 10.6. The second kappa shape index (κ2) is 10.2. The van der Waals surface area contributed by atoms with Crippen LogP contribution in [0.25, 0.3) is 0 Å². The first-order valence-electron chi connectivity index (χ1n) is 1.21. The maximum atomic E-state index is 3.49. The molecule has 0 aliphatic heterocycles. The van der Waals surface area contributed by atoms with Gasteiger partial charge in [0.05, 0.1) is 0 Å². The van der Waals surface area contributed by atoms with Gasteiger partial charge in [-0.3, -0.25) is 0 Å². The zero-order valence-corrected chi connectivity index (χ0v) is 3.91. The topological polar surface area (TPSA) is 0 Å². The van der Waals surface area contributed by atoms with Crippen LogP contribution in [0.5, 0.6) is 0 Å². The van der Waals surface area contributed by atoms with Gasteiger partial charge in [0.2, 0.25) is 0 Å². The Kier molecular flexibility index (Phi) is 22.4. The van der Waals surface area contributed by atoms with Gasteiger partial charge in [0, 0.05) is 0 Å². The lowest BCUT2D eigenvalue weighted by Crippen LogP contribution is -1.29. The summed E-state index contributed by atoms with van der Waals surface area (Å²) in [6, 6.07) is 0. The molecular formula is C3H9S. The molecule has 0 spiro atoms. The van der Waals surface area contributed by atoms with E-state index in [0.29, 0.717) is 0 Å². The zero-order valence-electron chi connectivity index (χ0n) is 2.91. The third-order valence-electron chi connectivity index (χ3n) is 0. The summed E-state index contributed by atoms with van der Waals surface area (Å²) in [4.78, 5) is 0. The molecule has 27 valence electrons. The highest BCUT2D eigenvalue weighted by Crippen LogP contribution is 1.54. The van der Waals surface area contributed by atoms with E-state index in [1.54, 1.807) is 0 Å². The van der Waals surface area contributed by atoms with Crippen molar-refractivity contribution in [3.8, 4) is 0 Å². The van der Waals surface area contributed by atoms with E-state index in [-0.39, 0.29) is 13.5 Å². The molecule has 0 rings (SSSR count). The molecule has 0 unspecified atom stereocenters. The number of rotatable bonds is 0. The van der Waals surface area contributed by atoms with Crippen LogP contribution in [-0.4, -0.2) is 0 Å². The Morgan fingerprint density at radius 3 is 1.75 bits per heavy atom. The highest BCUT2D eigenvalue weighted by Gasteiger charge is 1.36. The molecule has 0 saturated carbocycles. The molecular weight excluding hydrogens is 68.1 g/mol. The summed E-state index contributed by atoms with van der Waals surface area (Å²) in [6.45, 7) is 5.50. The fraction of sp³-hybridized carbons (Fsp3) is 0.667. The summed E-state index contributed by atoms with van der Waals surface area (Å²) >= 11 is 0. The van der Waals surface area contributed by atoms with Crippen LogP contribution >= 0.6 is 13.5 Å². The minimum atomic E-state index is 0. The molecule has 0 fully saturated rings. The van der Waals surface area contributed by atoms with Gasteiger partial charge < -0.3 is 0 Å². The van der Waals surface area contributed by atoms with E-state index in [2.05, 4.69) is 6.92 Å². The Balaban J connectivity index is 0. The van der Waals surface area contributed by atoms with Gasteiger partial charge in [-0.25, -0.2) is 0 Å². The Hall–Kier alpha value is 0.350. The summed E-state index contributed by atoms with van der Waals surface area (Å²) in [5.41, 5.74) is 0. The van der Waals surface area contributed by atoms with Gasteiger partial charge in [-0.1, -0.05) is 20.3 Å². The molecule has 4 heavy (non-hydrogen) atoms. The van der Waals surface area contributed by atoms with E-state index in [0.717, 1.165) is 6.42 Å². The molecule has 0 nitrogen and oxygen atoms in total. The first kappa shape index (κ1) is 8.84. The van der Waals surface area contributed by atoms with Crippen molar-refractivity contribution >= 4 is 13.5 Å². The molecule has 0 aromatic carbocycles. The van der Waals surface area contributed by atoms with E-state index in [9.17, 15) is 0 Å². The molecule has 0 heterocycles. The zero-order chi connectivity index (χ0) is 2.71. The predicted octanol–water partition coefficient (Wildman–Crippen LogP) is 1.34. The predicted molar refractivity (Wildman–Crippen MR) is 26.0 cm³/mol. The highest BCUT2D eigenvalue weighted by atomic mass is 32.1. The van der Waals surface area contributed by atoms with Crippen LogP contribution in [0.15, 0.2) is 0 Å². The van der Waals surface area contributed by atoms with E-state index in [1.165, 1.54) is 0 Å². The van der Waals surface area contributed by atoms with Crippen LogP contribution < -0.4 is 0 Å². The van der Waals surface area contributed by atoms with E-state index in [4.69, 9.17) is 0 Å². The van der Waals surface area contributed by atoms with Crippen molar-refractivity contribution in [2.45, 2.75) is 13.3 Å². The lowest BCUT2D eigenvalue weighted by molar-refractivity contribution is 1.23. The summed E-state index contributed by atoms with van der Waals surface area (Å²) in [5.74, 6) is 0. The third-order valence-corrected chi connectivity index (χ3v) is 0. The maximum Gasteiger partial charge on any atom is -0.0536 e. The average molecular weight is 77.2 g/mol. The van der Waals surface area contributed by atoms with Gasteiger partial charge in [-0.05, 0) is 0 Å². The van der Waals surface area contributed by atoms with E-state index >= 15 is 0 Å². The molecule has 0 aliphatic rings. The Morgan fingerprint density at radius 1 is 1.75 bits per heavy atom. The van der Waals surface area contributed by atoms with Crippen LogP contribution in [-0.2, 0) is 0 Å². The summed E-state index contributed by atoms with van der Waals surface area (Å²) in [7, 11) is 0. The molecule has 0 saturated heterocycles. The Bertz CT molecular complexity index is 3.25. The Labute approximate surface area is 34.7 Å². The smallest absolute Gasteiger partial charge is 0.0536 e. The third kappa shape index (κ3) is 35.0. The molecule has 0 aromatic heterocycles. The van der Waals surface area contributed by atoms with Crippen molar-refractivity contribution in [3.05, 3.63) is 6.92 Å². The van der Waals surface area contributed by atoms with Gasteiger partial charge >= 0.3 is 0 Å². The monoisotopic (exact) mass is 77.0 g/mol. The number of hydrogen-bond donors (Lipinski definition) is 0. The molecule has 0 aromatic rings. The standard InChI is InChI=1S/C3H7.H2S/c1-3-2;/h1,3H2,2H3;1H2. The van der Waals surface area contributed by atoms with Crippen molar-refractivity contribution < 1.29 is 0 Å². The van der Waals surface area contributed by atoms with Gasteiger partial charge in [-0.15, -0.1) is 0 Å². The lowest BCUT2D eigenvalue weighted by Gasteiger charge is -1.47. The maximum absolute atomic E-state index is 3.49. The molecule has 0 aliphatic carbocycles. The Morgan fingerprint density at radius 2 is 1.75 bits per heavy atom. The van der Waals surface area contributed by atoms with Gasteiger partial charge in [0.25, 0.3) is 0 Å². The molecule has 0 N–H and O–H groups in total. The normalized spacial score (nSPS) is 4.50. The summed E-state index contributed by atoms with van der Waals surface area (Å²) < 4.78 is 0. The van der Waals surface area contributed by atoms with Crippen LogP contribution in [0.2, 0.25) is 0 Å². The highest BCUT2D eigenvalue weighted by molar-refractivity contribution is 7.59. The summed E-state index contributed by atoms with van der Waals surface area (Å²) in [6.07, 6.45) is 1.00. The SMILES string of the molecule is S.[CH2]CC. The fourth-order valence-electron chi connectivity index (χ4n) is 0. The molecule has 0 atom stereocenters. The van der Waals surface area contributed by atoms with Crippen LogP contribution in [0.4, 0.5) is 0 Å². The van der Waals surface area contributed by atoms with Gasteiger partial charge in [-0.2, -0.15) is 13.5 Å². The second-order valence-electron chi connectivity index (χ2n) is 0.500. The van der Waals surface area contributed by atoms with Crippen molar-refractivity contribution in [1.29, 1.82) is 0 Å².